The molecule has 0 aromatic heterocycles. The van der Waals surface area contributed by atoms with Gasteiger partial charge in [-0.2, -0.15) is 15.1 Å². The molecule has 0 radical (unpaired) electrons. The lowest BCUT2D eigenvalue weighted by atomic mass is 10.0. The molecule has 4 rings (SSSR count). The number of allylic oxidation sites excluding steroid dienone is 1. The fraction of sp³-hybridized carbons (Fsp3) is 0.167. The SMILES string of the molecule is C=CCc1cc(C=C2C(=N)N3N=C(C)SC3=NC2=O)cc(OC)c1OCc1ccccc1. The second kappa shape index (κ2) is 9.23. The average Bonchev–Trinajstić information content (AvgIpc) is 3.16. The molecule has 162 valence electrons. The van der Waals surface area contributed by atoms with Crippen LogP contribution in [-0.4, -0.2) is 34.1 Å². The van der Waals surface area contributed by atoms with E-state index in [9.17, 15) is 4.79 Å². The third-order valence-corrected chi connectivity index (χ3v) is 5.65. The zero-order valence-electron chi connectivity index (χ0n) is 17.8. The number of hydrogen-bond acceptors (Lipinski definition) is 6. The van der Waals surface area contributed by atoms with Crippen LogP contribution in [0.2, 0.25) is 0 Å². The zero-order chi connectivity index (χ0) is 22.7. The zero-order valence-corrected chi connectivity index (χ0v) is 18.6. The van der Waals surface area contributed by atoms with Crippen LogP contribution in [0.15, 0.2) is 70.8 Å². The molecule has 8 heteroatoms. The van der Waals surface area contributed by atoms with E-state index in [1.165, 1.54) is 16.8 Å². The first kappa shape index (κ1) is 21.6. The number of ether oxygens (including phenoxy) is 2. The summed E-state index contributed by atoms with van der Waals surface area (Å²) >= 11 is 1.28. The minimum absolute atomic E-state index is 0.00186. The second-order valence-corrected chi connectivity index (χ2v) is 8.28. The highest BCUT2D eigenvalue weighted by Gasteiger charge is 2.34. The van der Waals surface area contributed by atoms with Gasteiger partial charge in [0.15, 0.2) is 17.3 Å². The molecule has 2 aromatic rings. The summed E-state index contributed by atoms with van der Waals surface area (Å²) in [6, 6.07) is 13.6. The first-order chi connectivity index (χ1) is 15.5. The number of hydrogen-bond donors (Lipinski definition) is 1. The van der Waals surface area contributed by atoms with E-state index in [0.717, 1.165) is 16.2 Å². The van der Waals surface area contributed by atoms with Crippen molar-refractivity contribution >= 4 is 39.8 Å². The van der Waals surface area contributed by atoms with E-state index in [1.54, 1.807) is 25.3 Å². The van der Waals surface area contributed by atoms with Crippen molar-refractivity contribution < 1.29 is 14.3 Å². The molecule has 2 aliphatic heterocycles. The molecule has 0 spiro atoms. The first-order valence-electron chi connectivity index (χ1n) is 9.95. The Morgan fingerprint density at radius 1 is 1.25 bits per heavy atom. The molecule has 2 aliphatic rings. The van der Waals surface area contributed by atoms with Gasteiger partial charge in [0.2, 0.25) is 5.17 Å². The standard InChI is InChI=1S/C24H22N4O3S/c1-4-8-18-11-17(12-19-22(25)28-24(26-23(19)29)32-15(2)27-28)13-20(30-3)21(18)31-14-16-9-6-5-7-10-16/h4-7,9-13,25H,1,8,14H2,2-3H3. The molecule has 2 heterocycles. The molecule has 0 bridgehead atoms. The summed E-state index contributed by atoms with van der Waals surface area (Å²) in [6.45, 7) is 6.05. The van der Waals surface area contributed by atoms with Crippen LogP contribution in [0.4, 0.5) is 0 Å². The summed E-state index contributed by atoms with van der Waals surface area (Å²) in [5, 5.41) is 15.2. The lowest BCUT2D eigenvalue weighted by Crippen LogP contribution is -2.35. The Labute approximate surface area is 190 Å². The molecule has 32 heavy (non-hydrogen) atoms. The molecule has 1 N–H and O–H groups in total. The van der Waals surface area contributed by atoms with Crippen molar-refractivity contribution in [2.45, 2.75) is 20.0 Å². The highest BCUT2D eigenvalue weighted by Crippen LogP contribution is 2.36. The smallest absolute Gasteiger partial charge is 0.283 e. The highest BCUT2D eigenvalue weighted by atomic mass is 32.2. The number of rotatable bonds is 7. The van der Waals surface area contributed by atoms with E-state index in [4.69, 9.17) is 14.9 Å². The Balaban J connectivity index is 1.69. The third kappa shape index (κ3) is 4.36. The maximum Gasteiger partial charge on any atom is 0.283 e. The van der Waals surface area contributed by atoms with Crippen LogP contribution < -0.4 is 9.47 Å². The molecule has 2 aromatic carbocycles. The van der Waals surface area contributed by atoms with E-state index in [-0.39, 0.29) is 11.4 Å². The minimum atomic E-state index is -0.465. The summed E-state index contributed by atoms with van der Waals surface area (Å²) in [4.78, 5) is 16.7. The molecule has 0 saturated heterocycles. The van der Waals surface area contributed by atoms with Crippen molar-refractivity contribution in [2.75, 3.05) is 7.11 Å². The molecule has 0 saturated carbocycles. The number of hydrazone groups is 1. The van der Waals surface area contributed by atoms with E-state index in [2.05, 4.69) is 16.7 Å². The quantitative estimate of drug-likeness (QED) is 0.494. The van der Waals surface area contributed by atoms with Crippen molar-refractivity contribution in [1.82, 2.24) is 5.01 Å². The van der Waals surface area contributed by atoms with Gasteiger partial charge in [0.25, 0.3) is 5.91 Å². The number of carbonyl (C=O) groups excluding carboxylic acids is 1. The monoisotopic (exact) mass is 446 g/mol. The maximum atomic E-state index is 12.6. The summed E-state index contributed by atoms with van der Waals surface area (Å²) in [7, 11) is 1.57. The normalized spacial score (nSPS) is 16.6. The number of amidine groups is 2. The Morgan fingerprint density at radius 2 is 2.03 bits per heavy atom. The Morgan fingerprint density at radius 3 is 2.75 bits per heavy atom. The number of aliphatic imine (C=N–C) groups is 1. The summed E-state index contributed by atoms with van der Waals surface area (Å²) in [5.74, 6) is 0.696. The van der Waals surface area contributed by atoms with Gasteiger partial charge in [-0.05, 0) is 54.4 Å². The van der Waals surface area contributed by atoms with Gasteiger partial charge in [0, 0.05) is 5.56 Å². The van der Waals surface area contributed by atoms with Crippen molar-refractivity contribution in [3.8, 4) is 11.5 Å². The second-order valence-electron chi connectivity index (χ2n) is 7.12. The lowest BCUT2D eigenvalue weighted by molar-refractivity contribution is -0.114. The molecule has 0 unspecified atom stereocenters. The molecule has 0 fully saturated rings. The predicted octanol–water partition coefficient (Wildman–Crippen LogP) is 4.64. The van der Waals surface area contributed by atoms with Crippen molar-refractivity contribution in [3.63, 3.8) is 0 Å². The highest BCUT2D eigenvalue weighted by molar-refractivity contribution is 8.26. The van der Waals surface area contributed by atoms with Gasteiger partial charge in [-0.15, -0.1) is 6.58 Å². The third-order valence-electron chi connectivity index (χ3n) is 4.83. The largest absolute Gasteiger partial charge is 0.493 e. The Bertz CT molecular complexity index is 1190. The van der Waals surface area contributed by atoms with E-state index in [1.807, 2.05) is 43.3 Å². The number of nitrogens with one attached hydrogen (secondary N) is 1. The molecular formula is C24H22N4O3S. The Hall–Kier alpha value is -3.65. The van der Waals surface area contributed by atoms with Gasteiger partial charge in [-0.3, -0.25) is 10.2 Å². The summed E-state index contributed by atoms with van der Waals surface area (Å²) in [6.07, 6.45) is 3.97. The number of fused-ring (bicyclic) bond motifs is 1. The van der Waals surface area contributed by atoms with E-state index in [0.29, 0.717) is 35.3 Å². The number of carbonyl (C=O) groups is 1. The predicted molar refractivity (Wildman–Crippen MR) is 128 cm³/mol. The van der Waals surface area contributed by atoms with Gasteiger partial charge in [0.1, 0.15) is 6.61 Å². The molecule has 0 aliphatic carbocycles. The number of nitrogens with zero attached hydrogens (tertiary/aromatic N) is 3. The van der Waals surface area contributed by atoms with Crippen molar-refractivity contribution in [2.24, 2.45) is 10.1 Å². The van der Waals surface area contributed by atoms with E-state index < -0.39 is 5.91 Å². The summed E-state index contributed by atoms with van der Waals surface area (Å²) in [5.41, 5.74) is 2.77. The fourth-order valence-corrected chi connectivity index (χ4v) is 4.11. The topological polar surface area (TPSA) is 87.3 Å². The van der Waals surface area contributed by atoms with Gasteiger partial charge >= 0.3 is 0 Å². The molecule has 1 amide bonds. The van der Waals surface area contributed by atoms with Crippen LogP contribution in [0, 0.1) is 5.41 Å². The summed E-state index contributed by atoms with van der Waals surface area (Å²) < 4.78 is 11.7. The van der Waals surface area contributed by atoms with E-state index >= 15 is 0 Å². The van der Waals surface area contributed by atoms with Crippen LogP contribution in [0.1, 0.15) is 23.6 Å². The van der Waals surface area contributed by atoms with Crippen LogP contribution in [0.5, 0.6) is 11.5 Å². The lowest BCUT2D eigenvalue weighted by Gasteiger charge is -2.20. The molecule has 0 atom stereocenters. The fourth-order valence-electron chi connectivity index (χ4n) is 3.37. The van der Waals surface area contributed by atoms with Gasteiger partial charge in [-0.25, -0.2) is 0 Å². The van der Waals surface area contributed by atoms with Crippen LogP contribution in [-0.2, 0) is 17.8 Å². The van der Waals surface area contributed by atoms with Crippen LogP contribution >= 0.6 is 11.8 Å². The Kier molecular flexibility index (Phi) is 6.23. The molecule has 7 nitrogen and oxygen atoms in total. The maximum absolute atomic E-state index is 12.6. The first-order valence-corrected chi connectivity index (χ1v) is 10.8. The number of methoxy groups -OCH3 is 1. The van der Waals surface area contributed by atoms with Gasteiger partial charge in [0.05, 0.1) is 17.7 Å². The minimum Gasteiger partial charge on any atom is -0.493 e. The van der Waals surface area contributed by atoms with Crippen LogP contribution in [0.3, 0.4) is 0 Å². The van der Waals surface area contributed by atoms with Gasteiger partial charge < -0.3 is 9.47 Å². The number of benzene rings is 2. The number of amides is 1. The van der Waals surface area contributed by atoms with Crippen LogP contribution in [0.25, 0.3) is 6.08 Å². The average molecular weight is 447 g/mol. The van der Waals surface area contributed by atoms with Crippen molar-refractivity contribution in [3.05, 3.63) is 77.4 Å². The molecular weight excluding hydrogens is 424 g/mol. The number of thioether (sulfide) groups is 1. The van der Waals surface area contributed by atoms with Gasteiger partial charge in [-0.1, -0.05) is 36.4 Å². The van der Waals surface area contributed by atoms with Crippen molar-refractivity contribution in [1.29, 1.82) is 5.41 Å².